The molecule has 1 aromatic carbocycles. The van der Waals surface area contributed by atoms with Crippen LogP contribution in [0.3, 0.4) is 0 Å². The highest BCUT2D eigenvalue weighted by molar-refractivity contribution is 5.97. The molecule has 0 aliphatic heterocycles. The van der Waals surface area contributed by atoms with Gasteiger partial charge in [-0.05, 0) is 32.4 Å². The molecule has 0 unspecified atom stereocenters. The maximum atomic E-state index is 12.2. The second-order valence-corrected chi connectivity index (χ2v) is 5.90. The lowest BCUT2D eigenvalue weighted by atomic mass is 10.1. The van der Waals surface area contributed by atoms with Crippen LogP contribution in [-0.2, 0) is 14.3 Å². The zero-order valence-corrected chi connectivity index (χ0v) is 15.1. The van der Waals surface area contributed by atoms with Crippen molar-refractivity contribution < 1.29 is 19.1 Å². The molecule has 2 amide bonds. The topological polar surface area (TPSA) is 96.5 Å². The summed E-state index contributed by atoms with van der Waals surface area (Å²) >= 11 is 0. The third-order valence-electron chi connectivity index (χ3n) is 3.22. The summed E-state index contributed by atoms with van der Waals surface area (Å²) in [6, 6.07) is 7.00. The van der Waals surface area contributed by atoms with E-state index in [4.69, 9.17) is 4.74 Å². The van der Waals surface area contributed by atoms with E-state index in [0.29, 0.717) is 11.3 Å². The molecule has 7 heteroatoms. The van der Waals surface area contributed by atoms with Crippen LogP contribution in [0.15, 0.2) is 24.3 Å². The quantitative estimate of drug-likeness (QED) is 0.441. The second kappa shape index (κ2) is 11.1. The molecule has 0 heterocycles. The summed E-state index contributed by atoms with van der Waals surface area (Å²) in [5, 5.41) is 8.24. The van der Waals surface area contributed by atoms with Gasteiger partial charge in [0.2, 0.25) is 5.91 Å². The van der Waals surface area contributed by atoms with E-state index >= 15 is 0 Å². The smallest absolute Gasteiger partial charge is 0.340 e. The van der Waals surface area contributed by atoms with Crippen LogP contribution in [0.1, 0.15) is 44.0 Å². The minimum absolute atomic E-state index is 0.000982. The first-order chi connectivity index (χ1) is 11.9. The number of anilines is 1. The molecule has 1 rings (SSSR count). The fraction of sp³-hybridized carbons (Fsp3) is 0.500. The van der Waals surface area contributed by atoms with E-state index in [1.165, 1.54) is 0 Å². The average Bonchev–Trinajstić information content (AvgIpc) is 2.58. The van der Waals surface area contributed by atoms with Crippen molar-refractivity contribution in [3.8, 4) is 0 Å². The Morgan fingerprint density at radius 2 is 1.84 bits per heavy atom. The Morgan fingerprint density at radius 3 is 2.52 bits per heavy atom. The first-order valence-electron chi connectivity index (χ1n) is 8.50. The summed E-state index contributed by atoms with van der Waals surface area (Å²) < 4.78 is 5.03. The van der Waals surface area contributed by atoms with E-state index in [9.17, 15) is 14.4 Å². The van der Waals surface area contributed by atoms with Gasteiger partial charge in [-0.1, -0.05) is 25.5 Å². The number of rotatable bonds is 10. The predicted molar refractivity (Wildman–Crippen MR) is 96.4 cm³/mol. The van der Waals surface area contributed by atoms with Gasteiger partial charge in [0.15, 0.2) is 6.61 Å². The van der Waals surface area contributed by atoms with E-state index < -0.39 is 18.5 Å². The molecule has 25 heavy (non-hydrogen) atoms. The fourth-order valence-electron chi connectivity index (χ4n) is 2.03. The van der Waals surface area contributed by atoms with Crippen molar-refractivity contribution in [2.45, 2.75) is 39.7 Å². The number of carbonyl (C=O) groups excluding carboxylic acids is 3. The molecule has 0 aliphatic rings. The van der Waals surface area contributed by atoms with Gasteiger partial charge in [-0.25, -0.2) is 4.79 Å². The maximum Gasteiger partial charge on any atom is 0.340 e. The Bertz CT molecular complexity index is 587. The van der Waals surface area contributed by atoms with Crippen LogP contribution in [0, 0.1) is 0 Å². The molecule has 1 aromatic rings. The Balaban J connectivity index is 2.46. The summed E-state index contributed by atoms with van der Waals surface area (Å²) in [7, 11) is 0. The Morgan fingerprint density at radius 1 is 1.12 bits per heavy atom. The number of hydrogen-bond donors (Lipinski definition) is 3. The van der Waals surface area contributed by atoms with Gasteiger partial charge in [0, 0.05) is 18.3 Å². The number of hydrogen-bond acceptors (Lipinski definition) is 5. The summed E-state index contributed by atoms with van der Waals surface area (Å²) in [6.07, 6.45) is 2.04. The van der Waals surface area contributed by atoms with E-state index in [1.807, 2.05) is 19.9 Å². The van der Waals surface area contributed by atoms with Crippen LogP contribution in [0.25, 0.3) is 0 Å². The SMILES string of the molecule is CCCCNc1ccccc1C(=O)OCC(=O)NCC(=O)NC(C)C. The molecule has 0 aromatic heterocycles. The summed E-state index contributed by atoms with van der Waals surface area (Å²) in [6.45, 7) is 5.91. The molecule has 0 fully saturated rings. The number of para-hydroxylation sites is 1. The second-order valence-electron chi connectivity index (χ2n) is 5.90. The van der Waals surface area contributed by atoms with Gasteiger partial charge in [-0.3, -0.25) is 9.59 Å². The van der Waals surface area contributed by atoms with E-state index in [1.54, 1.807) is 18.2 Å². The molecule has 138 valence electrons. The van der Waals surface area contributed by atoms with E-state index in [0.717, 1.165) is 19.4 Å². The van der Waals surface area contributed by atoms with Crippen molar-refractivity contribution >= 4 is 23.5 Å². The predicted octanol–water partition coefficient (Wildman–Crippen LogP) is 1.70. The maximum absolute atomic E-state index is 12.2. The summed E-state index contributed by atoms with van der Waals surface area (Å²) in [5.41, 5.74) is 1.06. The van der Waals surface area contributed by atoms with Crippen LogP contribution in [-0.4, -0.2) is 43.5 Å². The van der Waals surface area contributed by atoms with Gasteiger partial charge in [-0.2, -0.15) is 0 Å². The third kappa shape index (κ3) is 8.19. The lowest BCUT2D eigenvalue weighted by molar-refractivity contribution is -0.128. The highest BCUT2D eigenvalue weighted by Crippen LogP contribution is 2.16. The van der Waals surface area contributed by atoms with Gasteiger partial charge < -0.3 is 20.7 Å². The van der Waals surface area contributed by atoms with Crippen LogP contribution < -0.4 is 16.0 Å². The normalized spacial score (nSPS) is 10.2. The zero-order chi connectivity index (χ0) is 18.7. The van der Waals surface area contributed by atoms with Gasteiger partial charge in [0.1, 0.15) is 0 Å². The third-order valence-corrected chi connectivity index (χ3v) is 3.22. The standard InChI is InChI=1S/C18H27N3O4/c1-4-5-10-19-15-9-7-6-8-14(15)18(24)25-12-17(23)20-11-16(22)21-13(2)3/h6-9,13,19H,4-5,10-12H2,1-3H3,(H,20,23)(H,21,22). The molecule has 0 bridgehead atoms. The van der Waals surface area contributed by atoms with Crippen LogP contribution in [0.4, 0.5) is 5.69 Å². The van der Waals surface area contributed by atoms with Gasteiger partial charge in [0.25, 0.3) is 5.91 Å². The number of amides is 2. The molecule has 0 saturated heterocycles. The molecule has 0 saturated carbocycles. The molecule has 0 spiro atoms. The number of nitrogens with one attached hydrogen (secondary N) is 3. The number of carbonyl (C=O) groups is 3. The molecule has 0 radical (unpaired) electrons. The van der Waals surface area contributed by atoms with Crippen molar-refractivity contribution in [2.75, 3.05) is 25.0 Å². The molecule has 3 N–H and O–H groups in total. The average molecular weight is 349 g/mol. The Hall–Kier alpha value is -2.57. The Labute approximate surface area is 148 Å². The van der Waals surface area contributed by atoms with Crippen molar-refractivity contribution in [3.63, 3.8) is 0 Å². The fourth-order valence-corrected chi connectivity index (χ4v) is 2.03. The molecular weight excluding hydrogens is 322 g/mol. The summed E-state index contributed by atoms with van der Waals surface area (Å²) in [5.74, 6) is -1.40. The monoisotopic (exact) mass is 349 g/mol. The van der Waals surface area contributed by atoms with Gasteiger partial charge >= 0.3 is 5.97 Å². The molecule has 0 aliphatic carbocycles. The van der Waals surface area contributed by atoms with E-state index in [-0.39, 0.29) is 18.5 Å². The lowest BCUT2D eigenvalue weighted by Crippen LogP contribution is -2.41. The highest BCUT2D eigenvalue weighted by atomic mass is 16.5. The highest BCUT2D eigenvalue weighted by Gasteiger charge is 2.14. The first-order valence-corrected chi connectivity index (χ1v) is 8.50. The Kier molecular flexibility index (Phi) is 9.06. The van der Waals surface area contributed by atoms with Gasteiger partial charge in [0.05, 0.1) is 12.1 Å². The minimum atomic E-state index is -0.582. The lowest BCUT2D eigenvalue weighted by Gasteiger charge is -2.12. The first kappa shape index (κ1) is 20.5. The minimum Gasteiger partial charge on any atom is -0.452 e. The zero-order valence-electron chi connectivity index (χ0n) is 15.1. The number of unbranched alkanes of at least 4 members (excludes halogenated alkanes) is 1. The molecule has 0 atom stereocenters. The number of esters is 1. The summed E-state index contributed by atoms with van der Waals surface area (Å²) in [4.78, 5) is 35.3. The van der Waals surface area contributed by atoms with Crippen LogP contribution in [0.5, 0.6) is 0 Å². The van der Waals surface area contributed by atoms with Crippen molar-refractivity contribution in [1.82, 2.24) is 10.6 Å². The molecular formula is C18H27N3O4. The van der Waals surface area contributed by atoms with Crippen molar-refractivity contribution in [3.05, 3.63) is 29.8 Å². The van der Waals surface area contributed by atoms with Crippen molar-refractivity contribution in [2.24, 2.45) is 0 Å². The number of benzene rings is 1. The van der Waals surface area contributed by atoms with E-state index in [2.05, 4.69) is 22.9 Å². The van der Waals surface area contributed by atoms with Crippen LogP contribution in [0.2, 0.25) is 0 Å². The molecule has 7 nitrogen and oxygen atoms in total. The number of ether oxygens (including phenoxy) is 1. The largest absolute Gasteiger partial charge is 0.452 e. The van der Waals surface area contributed by atoms with Crippen LogP contribution >= 0.6 is 0 Å². The van der Waals surface area contributed by atoms with Crippen molar-refractivity contribution in [1.29, 1.82) is 0 Å². The van der Waals surface area contributed by atoms with Gasteiger partial charge in [-0.15, -0.1) is 0 Å².